The fourth-order valence-electron chi connectivity index (χ4n) is 1.03. The van der Waals surface area contributed by atoms with Crippen molar-refractivity contribution in [2.24, 2.45) is 0 Å². The minimum atomic E-state index is -2.54. The Morgan fingerprint density at radius 3 is 2.53 bits per heavy atom. The minimum Gasteiger partial charge on any atom is -0.468 e. The van der Waals surface area contributed by atoms with Crippen molar-refractivity contribution in [2.75, 3.05) is 18.6 Å². The molecule has 0 amide bonds. The first-order valence-electron chi connectivity index (χ1n) is 4.98. The summed E-state index contributed by atoms with van der Waals surface area (Å²) < 4.78 is 29.2. The summed E-state index contributed by atoms with van der Waals surface area (Å²) in [5, 5.41) is 0. The van der Waals surface area contributed by atoms with Crippen LogP contribution in [0.5, 0.6) is 0 Å². The third-order valence-corrected chi connectivity index (χ3v) is 2.87. The van der Waals surface area contributed by atoms with Gasteiger partial charge >= 0.3 is 5.97 Å². The number of hydrogen-bond acceptors (Lipinski definition) is 3. The number of esters is 1. The van der Waals surface area contributed by atoms with E-state index in [0.717, 1.165) is 25.5 Å². The molecule has 0 fully saturated rings. The molecule has 0 aromatic heterocycles. The molecule has 0 bridgehead atoms. The van der Waals surface area contributed by atoms with E-state index in [0.29, 0.717) is 12.2 Å². The third-order valence-electron chi connectivity index (χ3n) is 1.85. The van der Waals surface area contributed by atoms with Crippen molar-refractivity contribution < 1.29 is 18.3 Å². The van der Waals surface area contributed by atoms with Gasteiger partial charge in [-0.2, -0.15) is 11.8 Å². The topological polar surface area (TPSA) is 26.3 Å². The molecule has 0 rings (SSSR count). The van der Waals surface area contributed by atoms with E-state index in [4.69, 9.17) is 0 Å². The lowest BCUT2D eigenvalue weighted by Crippen LogP contribution is -2.08. The number of ether oxygens (including phenoxy) is 1. The molecule has 0 aliphatic heterocycles. The third kappa shape index (κ3) is 11.6. The molecule has 0 saturated carbocycles. The summed E-state index contributed by atoms with van der Waals surface area (Å²) in [5.74, 6) is -1.61. The van der Waals surface area contributed by atoms with Crippen LogP contribution in [0, 0.1) is 0 Å². The minimum absolute atomic E-state index is 0.0470. The van der Waals surface area contributed by atoms with Gasteiger partial charge in [-0.25, -0.2) is 8.78 Å². The highest BCUT2D eigenvalue weighted by atomic mass is 32.2. The van der Waals surface area contributed by atoms with Gasteiger partial charge in [0.25, 0.3) is 0 Å². The van der Waals surface area contributed by atoms with Crippen LogP contribution in [-0.2, 0) is 9.53 Å². The Labute approximate surface area is 93.8 Å². The van der Waals surface area contributed by atoms with Crippen molar-refractivity contribution in [2.45, 2.75) is 38.5 Å². The SMILES string of the molecule is COC(=O)CSCCCCCC(C)(F)F. The average Bonchev–Trinajstić information content (AvgIpc) is 2.14. The average molecular weight is 240 g/mol. The zero-order valence-corrected chi connectivity index (χ0v) is 10.0. The van der Waals surface area contributed by atoms with Crippen molar-refractivity contribution in [3.8, 4) is 0 Å². The van der Waals surface area contributed by atoms with Gasteiger partial charge in [0.1, 0.15) is 0 Å². The van der Waals surface area contributed by atoms with Gasteiger partial charge in [0, 0.05) is 6.42 Å². The molecule has 90 valence electrons. The summed E-state index contributed by atoms with van der Waals surface area (Å²) in [7, 11) is 1.35. The Morgan fingerprint density at radius 2 is 2.00 bits per heavy atom. The first-order chi connectivity index (χ1) is 6.95. The summed E-state index contributed by atoms with van der Waals surface area (Å²) in [4.78, 5) is 10.7. The van der Waals surface area contributed by atoms with E-state index in [-0.39, 0.29) is 12.4 Å². The van der Waals surface area contributed by atoms with Crippen molar-refractivity contribution >= 4 is 17.7 Å². The molecule has 15 heavy (non-hydrogen) atoms. The van der Waals surface area contributed by atoms with Gasteiger partial charge in [0.05, 0.1) is 12.9 Å². The molecule has 0 unspecified atom stereocenters. The molecule has 0 heterocycles. The van der Waals surface area contributed by atoms with E-state index < -0.39 is 5.92 Å². The molecule has 0 aliphatic rings. The fourth-order valence-corrected chi connectivity index (χ4v) is 1.87. The van der Waals surface area contributed by atoms with Gasteiger partial charge in [-0.1, -0.05) is 6.42 Å². The summed E-state index contributed by atoms with van der Waals surface area (Å²) in [6, 6.07) is 0. The highest BCUT2D eigenvalue weighted by Crippen LogP contribution is 2.20. The standard InChI is InChI=1S/C10H18F2O2S/c1-10(11,12)6-4-3-5-7-15-8-9(13)14-2/h3-8H2,1-2H3. The van der Waals surface area contributed by atoms with E-state index in [2.05, 4.69) is 4.74 Å². The summed E-state index contributed by atoms with van der Waals surface area (Å²) in [6.07, 6.45) is 2.16. The Hall–Kier alpha value is -0.320. The van der Waals surface area contributed by atoms with Gasteiger partial charge in [-0.15, -0.1) is 0 Å². The lowest BCUT2D eigenvalue weighted by molar-refractivity contribution is -0.137. The van der Waals surface area contributed by atoms with Crippen molar-refractivity contribution in [1.82, 2.24) is 0 Å². The second-order valence-corrected chi connectivity index (χ2v) is 4.61. The van der Waals surface area contributed by atoms with Crippen LogP contribution in [0.4, 0.5) is 8.78 Å². The van der Waals surface area contributed by atoms with E-state index >= 15 is 0 Å². The molecule has 0 atom stereocenters. The summed E-state index contributed by atoms with van der Waals surface area (Å²) in [5.41, 5.74) is 0. The quantitative estimate of drug-likeness (QED) is 0.481. The lowest BCUT2D eigenvalue weighted by atomic mass is 10.1. The van der Waals surface area contributed by atoms with Crippen LogP contribution in [0.15, 0.2) is 0 Å². The normalized spacial score (nSPS) is 11.5. The number of methoxy groups -OCH3 is 1. The largest absolute Gasteiger partial charge is 0.468 e. The van der Waals surface area contributed by atoms with Crippen LogP contribution in [0.25, 0.3) is 0 Å². The van der Waals surface area contributed by atoms with Gasteiger partial charge in [-0.3, -0.25) is 4.79 Å². The molecule has 0 aliphatic carbocycles. The number of thioether (sulfide) groups is 1. The highest BCUT2D eigenvalue weighted by molar-refractivity contribution is 7.99. The molecular weight excluding hydrogens is 222 g/mol. The van der Waals surface area contributed by atoms with Crippen LogP contribution in [-0.4, -0.2) is 30.5 Å². The second-order valence-electron chi connectivity index (χ2n) is 3.51. The molecular formula is C10H18F2O2S. The van der Waals surface area contributed by atoms with Crippen molar-refractivity contribution in [3.63, 3.8) is 0 Å². The Balaban J connectivity index is 3.16. The van der Waals surface area contributed by atoms with E-state index in [1.54, 1.807) is 0 Å². The Bertz CT molecular complexity index is 181. The number of carbonyl (C=O) groups excluding carboxylic acids is 1. The Morgan fingerprint density at radius 1 is 1.33 bits per heavy atom. The predicted octanol–water partition coefficient (Wildman–Crippen LogP) is 3.11. The number of halogens is 2. The Kier molecular flexibility index (Phi) is 7.74. The lowest BCUT2D eigenvalue weighted by Gasteiger charge is -2.08. The smallest absolute Gasteiger partial charge is 0.315 e. The van der Waals surface area contributed by atoms with Gasteiger partial charge < -0.3 is 4.74 Å². The zero-order valence-electron chi connectivity index (χ0n) is 9.22. The number of unbranched alkanes of at least 4 members (excludes halogenated alkanes) is 2. The van der Waals surface area contributed by atoms with Gasteiger partial charge in [0.2, 0.25) is 5.92 Å². The molecule has 0 radical (unpaired) electrons. The molecule has 5 heteroatoms. The summed E-state index contributed by atoms with van der Waals surface area (Å²) >= 11 is 1.48. The van der Waals surface area contributed by atoms with Gasteiger partial charge in [-0.05, 0) is 25.5 Å². The van der Waals surface area contributed by atoms with Crippen LogP contribution in [0.1, 0.15) is 32.6 Å². The van der Waals surface area contributed by atoms with E-state index in [1.165, 1.54) is 18.9 Å². The second kappa shape index (κ2) is 7.91. The molecule has 0 aromatic rings. The first kappa shape index (κ1) is 14.7. The number of alkyl halides is 2. The van der Waals surface area contributed by atoms with Crippen molar-refractivity contribution in [3.05, 3.63) is 0 Å². The number of hydrogen-bond donors (Lipinski definition) is 0. The maximum atomic E-state index is 12.4. The van der Waals surface area contributed by atoms with Crippen LogP contribution >= 0.6 is 11.8 Å². The fraction of sp³-hybridized carbons (Fsp3) is 0.900. The van der Waals surface area contributed by atoms with Crippen LogP contribution < -0.4 is 0 Å². The molecule has 0 saturated heterocycles. The zero-order chi connectivity index (χ0) is 11.7. The molecule has 2 nitrogen and oxygen atoms in total. The maximum Gasteiger partial charge on any atom is 0.315 e. The van der Waals surface area contributed by atoms with E-state index in [1.807, 2.05) is 0 Å². The van der Waals surface area contributed by atoms with Crippen LogP contribution in [0.2, 0.25) is 0 Å². The highest BCUT2D eigenvalue weighted by Gasteiger charge is 2.19. The predicted molar refractivity (Wildman–Crippen MR) is 58.4 cm³/mol. The molecule has 0 N–H and O–H groups in total. The van der Waals surface area contributed by atoms with E-state index in [9.17, 15) is 13.6 Å². The maximum absolute atomic E-state index is 12.4. The summed E-state index contributed by atoms with van der Waals surface area (Å²) in [6.45, 7) is 0.943. The van der Waals surface area contributed by atoms with Crippen molar-refractivity contribution in [1.29, 1.82) is 0 Å². The molecule has 0 spiro atoms. The number of rotatable bonds is 8. The monoisotopic (exact) mass is 240 g/mol. The van der Waals surface area contributed by atoms with Gasteiger partial charge in [0.15, 0.2) is 0 Å². The number of carbonyl (C=O) groups is 1. The molecule has 0 aromatic carbocycles. The first-order valence-corrected chi connectivity index (χ1v) is 6.13. The van der Waals surface area contributed by atoms with Crippen LogP contribution in [0.3, 0.4) is 0 Å².